The van der Waals surface area contributed by atoms with Crippen LogP contribution in [0.15, 0.2) is 47.4 Å². The van der Waals surface area contributed by atoms with E-state index in [1.165, 1.54) is 10.6 Å². The molecule has 0 fully saturated rings. The normalized spacial score (nSPS) is 13.0. The van der Waals surface area contributed by atoms with Crippen LogP contribution in [-0.4, -0.2) is 14.5 Å². The summed E-state index contributed by atoms with van der Waals surface area (Å²) < 4.78 is 15.4. The summed E-state index contributed by atoms with van der Waals surface area (Å²) in [6.07, 6.45) is 1.55. The summed E-state index contributed by atoms with van der Waals surface area (Å²) in [5.41, 5.74) is 0.681. The van der Waals surface area contributed by atoms with Gasteiger partial charge in [-0.05, 0) is 24.0 Å². The van der Waals surface area contributed by atoms with Crippen LogP contribution in [0.25, 0.3) is 11.0 Å². The van der Waals surface area contributed by atoms with Crippen molar-refractivity contribution in [3.05, 3.63) is 64.3 Å². The van der Waals surface area contributed by atoms with Gasteiger partial charge in [0.25, 0.3) is 5.56 Å². The Labute approximate surface area is 151 Å². The van der Waals surface area contributed by atoms with Crippen LogP contribution in [0.2, 0.25) is 0 Å². The Bertz CT molecular complexity index is 977. The molecule has 136 valence electrons. The van der Waals surface area contributed by atoms with Crippen LogP contribution in [0.3, 0.4) is 0 Å². The second kappa shape index (κ2) is 6.86. The average molecular weight is 354 g/mol. The zero-order valence-corrected chi connectivity index (χ0v) is 15.5. The van der Waals surface area contributed by atoms with Crippen LogP contribution in [0, 0.1) is 11.2 Å². The predicted octanol–water partition coefficient (Wildman–Crippen LogP) is 4.15. The first-order chi connectivity index (χ1) is 12.2. The zero-order chi connectivity index (χ0) is 18.9. The Morgan fingerprint density at radius 1 is 1.23 bits per heavy atom. The van der Waals surface area contributed by atoms with Crippen molar-refractivity contribution in [1.29, 1.82) is 0 Å². The Morgan fingerprint density at radius 3 is 2.58 bits per heavy atom. The number of nitrogens with zero attached hydrogens (tertiary/aromatic N) is 3. The zero-order valence-electron chi connectivity index (χ0n) is 15.5. The molecule has 1 aromatic carbocycles. The number of rotatable bonds is 4. The van der Waals surface area contributed by atoms with E-state index in [-0.39, 0.29) is 11.5 Å². The van der Waals surface area contributed by atoms with Gasteiger partial charge in [-0.2, -0.15) is 4.98 Å². The summed E-state index contributed by atoms with van der Waals surface area (Å²) in [6.45, 7) is 8.36. The van der Waals surface area contributed by atoms with Gasteiger partial charge in [0.15, 0.2) is 5.82 Å². The maximum Gasteiger partial charge on any atom is 0.288 e. The molecule has 2 aromatic heterocycles. The van der Waals surface area contributed by atoms with Crippen molar-refractivity contribution < 1.29 is 4.39 Å². The molecule has 0 amide bonds. The van der Waals surface area contributed by atoms with Crippen molar-refractivity contribution in [3.8, 4) is 0 Å². The number of nitrogens with one attached hydrogen (secondary N) is 1. The van der Waals surface area contributed by atoms with E-state index in [1.807, 2.05) is 58.0 Å². The van der Waals surface area contributed by atoms with Gasteiger partial charge in [-0.3, -0.25) is 9.36 Å². The Hall–Kier alpha value is -2.76. The molecule has 0 radical (unpaired) electrons. The molecule has 1 atom stereocenters. The molecular formula is C20H23FN4O. The van der Waals surface area contributed by atoms with Gasteiger partial charge < -0.3 is 5.32 Å². The second-order valence-corrected chi connectivity index (χ2v) is 7.69. The molecule has 2 heterocycles. The fraction of sp³-hybridized carbons (Fsp3) is 0.350. The predicted molar refractivity (Wildman–Crippen MR) is 102 cm³/mol. The molecule has 1 N–H and O–H groups in total. The minimum absolute atomic E-state index is 0.00288. The van der Waals surface area contributed by atoms with E-state index in [2.05, 4.69) is 15.3 Å². The number of aromatic nitrogens is 3. The highest BCUT2D eigenvalue weighted by Crippen LogP contribution is 2.21. The van der Waals surface area contributed by atoms with Gasteiger partial charge in [-0.1, -0.05) is 51.1 Å². The monoisotopic (exact) mass is 354 g/mol. The summed E-state index contributed by atoms with van der Waals surface area (Å²) in [7, 11) is 0. The Morgan fingerprint density at radius 2 is 1.92 bits per heavy atom. The molecule has 0 bridgehead atoms. The average Bonchev–Trinajstić information content (AvgIpc) is 2.59. The number of hydrogen-bond donors (Lipinski definition) is 1. The largest absolute Gasteiger partial charge is 0.348 e. The Kier molecular flexibility index (Phi) is 4.76. The lowest BCUT2D eigenvalue weighted by atomic mass is 9.97. The smallest absolute Gasteiger partial charge is 0.288 e. The maximum absolute atomic E-state index is 14.0. The lowest BCUT2D eigenvalue weighted by Crippen LogP contribution is -2.29. The van der Waals surface area contributed by atoms with Gasteiger partial charge in [0.05, 0.1) is 6.04 Å². The van der Waals surface area contributed by atoms with Gasteiger partial charge >= 0.3 is 0 Å². The Balaban J connectivity index is 2.03. The molecule has 3 rings (SSSR count). The number of benzene rings is 1. The van der Waals surface area contributed by atoms with E-state index in [0.717, 1.165) is 5.56 Å². The number of hydrogen-bond acceptors (Lipinski definition) is 4. The number of halogens is 1. The van der Waals surface area contributed by atoms with Crippen LogP contribution in [0.4, 0.5) is 10.3 Å². The van der Waals surface area contributed by atoms with Crippen LogP contribution in [0.5, 0.6) is 0 Å². The quantitative estimate of drug-likeness (QED) is 0.765. The van der Waals surface area contributed by atoms with Crippen molar-refractivity contribution in [2.75, 3.05) is 5.32 Å². The molecular weight excluding hydrogens is 331 g/mol. The number of pyridine rings is 1. The number of fused-ring (bicyclic) bond motifs is 1. The number of anilines is 1. The lowest BCUT2D eigenvalue weighted by Gasteiger charge is -2.21. The van der Waals surface area contributed by atoms with E-state index in [4.69, 9.17) is 0 Å². The topological polar surface area (TPSA) is 59.8 Å². The van der Waals surface area contributed by atoms with Crippen molar-refractivity contribution in [1.82, 2.24) is 14.5 Å². The van der Waals surface area contributed by atoms with E-state index < -0.39 is 11.4 Å². The van der Waals surface area contributed by atoms with E-state index >= 15 is 0 Å². The van der Waals surface area contributed by atoms with Crippen molar-refractivity contribution in [3.63, 3.8) is 0 Å². The highest BCUT2D eigenvalue weighted by Gasteiger charge is 2.18. The van der Waals surface area contributed by atoms with Crippen molar-refractivity contribution in [2.24, 2.45) is 5.41 Å². The minimum Gasteiger partial charge on any atom is -0.348 e. The van der Waals surface area contributed by atoms with Crippen LogP contribution < -0.4 is 10.9 Å². The first-order valence-electron chi connectivity index (χ1n) is 8.62. The maximum atomic E-state index is 14.0. The SMILES string of the molecule is CC(Nc1ncc2cc(F)c(=O)n(CC(C)(C)C)c2n1)c1ccccc1. The molecule has 0 saturated carbocycles. The van der Waals surface area contributed by atoms with Gasteiger partial charge in [-0.25, -0.2) is 9.37 Å². The van der Waals surface area contributed by atoms with Gasteiger partial charge in [0.1, 0.15) is 5.65 Å². The fourth-order valence-electron chi connectivity index (χ4n) is 2.83. The van der Waals surface area contributed by atoms with E-state index in [9.17, 15) is 9.18 Å². The second-order valence-electron chi connectivity index (χ2n) is 7.69. The van der Waals surface area contributed by atoms with Gasteiger partial charge in [0, 0.05) is 18.1 Å². The molecule has 0 aliphatic rings. The third-order valence-corrected chi connectivity index (χ3v) is 4.06. The minimum atomic E-state index is -0.788. The molecule has 0 aliphatic heterocycles. The third-order valence-electron chi connectivity index (χ3n) is 4.06. The van der Waals surface area contributed by atoms with Gasteiger partial charge in [0.2, 0.25) is 5.95 Å². The summed E-state index contributed by atoms with van der Waals surface area (Å²) in [6, 6.07) is 11.1. The molecule has 0 spiro atoms. The van der Waals surface area contributed by atoms with E-state index in [1.54, 1.807) is 6.20 Å². The molecule has 26 heavy (non-hydrogen) atoms. The summed E-state index contributed by atoms with van der Waals surface area (Å²) >= 11 is 0. The third kappa shape index (κ3) is 3.90. The van der Waals surface area contributed by atoms with Crippen LogP contribution >= 0.6 is 0 Å². The summed E-state index contributed by atoms with van der Waals surface area (Å²) in [5, 5.41) is 3.75. The highest BCUT2D eigenvalue weighted by atomic mass is 19.1. The van der Waals surface area contributed by atoms with Crippen LogP contribution in [-0.2, 0) is 6.54 Å². The molecule has 0 aliphatic carbocycles. The molecule has 3 aromatic rings. The van der Waals surface area contributed by atoms with Crippen LogP contribution in [0.1, 0.15) is 39.3 Å². The summed E-state index contributed by atoms with van der Waals surface area (Å²) in [4.78, 5) is 21.1. The highest BCUT2D eigenvalue weighted by molar-refractivity contribution is 5.75. The first-order valence-corrected chi connectivity index (χ1v) is 8.62. The van der Waals surface area contributed by atoms with E-state index in [0.29, 0.717) is 23.5 Å². The standard InChI is InChI=1S/C20H23FN4O/c1-13(14-8-6-5-7-9-14)23-19-22-11-15-10-16(21)18(26)25(17(15)24-19)12-20(2,3)4/h5-11,13H,12H2,1-4H3,(H,22,23,24). The molecule has 5 nitrogen and oxygen atoms in total. The fourth-order valence-corrected chi connectivity index (χ4v) is 2.83. The van der Waals surface area contributed by atoms with Crippen molar-refractivity contribution in [2.45, 2.75) is 40.3 Å². The molecule has 1 unspecified atom stereocenters. The molecule has 0 saturated heterocycles. The molecule has 6 heteroatoms. The van der Waals surface area contributed by atoms with Crippen molar-refractivity contribution >= 4 is 17.0 Å². The summed E-state index contributed by atoms with van der Waals surface area (Å²) in [5.74, 6) is -0.383. The lowest BCUT2D eigenvalue weighted by molar-refractivity contribution is 0.339. The first kappa shape index (κ1) is 18.0. The van der Waals surface area contributed by atoms with Gasteiger partial charge in [-0.15, -0.1) is 0 Å².